The molecular weight excluding hydrogens is 192 g/mol. The summed E-state index contributed by atoms with van der Waals surface area (Å²) in [5.41, 5.74) is 0. The fourth-order valence-corrected chi connectivity index (χ4v) is 1.58. The Balaban J connectivity index is 2.21. The molecule has 1 N–H and O–H groups in total. The zero-order valence-corrected chi connectivity index (χ0v) is 9.53. The van der Waals surface area contributed by atoms with Crippen LogP contribution in [0.4, 0.5) is 0 Å². The van der Waals surface area contributed by atoms with Crippen LogP contribution in [0, 0.1) is 0 Å². The number of nitrogens with zero attached hydrogens (tertiary/aromatic N) is 3. The lowest BCUT2D eigenvalue weighted by atomic mass is 10.5. The van der Waals surface area contributed by atoms with Crippen LogP contribution in [0.25, 0.3) is 0 Å². The predicted molar refractivity (Wildman–Crippen MR) is 56.8 cm³/mol. The van der Waals surface area contributed by atoms with Gasteiger partial charge in [0.05, 0.1) is 12.6 Å². The highest BCUT2D eigenvalue weighted by Gasteiger charge is 2.30. The van der Waals surface area contributed by atoms with Crippen molar-refractivity contribution in [3.63, 3.8) is 0 Å². The Morgan fingerprint density at radius 2 is 2.20 bits per heavy atom. The molecular formula is C10H18N4O. The molecule has 1 aromatic heterocycles. The molecule has 0 radical (unpaired) electrons. The summed E-state index contributed by atoms with van der Waals surface area (Å²) in [5.74, 6) is 0.968. The molecule has 84 valence electrons. The van der Waals surface area contributed by atoms with Gasteiger partial charge in [0.25, 0.3) is 0 Å². The highest BCUT2D eigenvalue weighted by molar-refractivity contribution is 5.07. The maximum Gasteiger partial charge on any atom is 0.317 e. The van der Waals surface area contributed by atoms with Crippen molar-refractivity contribution < 1.29 is 4.74 Å². The molecule has 1 heterocycles. The molecule has 5 nitrogen and oxygen atoms in total. The number of ether oxygens (including phenoxy) is 1. The highest BCUT2D eigenvalue weighted by atomic mass is 16.5. The van der Waals surface area contributed by atoms with E-state index >= 15 is 0 Å². The first-order valence-electron chi connectivity index (χ1n) is 5.47. The molecule has 0 bridgehead atoms. The molecule has 5 heteroatoms. The Hall–Kier alpha value is -1.10. The van der Waals surface area contributed by atoms with Gasteiger partial charge in [-0.05, 0) is 33.7 Å². The quantitative estimate of drug-likeness (QED) is 0.791. The zero-order chi connectivity index (χ0) is 10.8. The summed E-state index contributed by atoms with van der Waals surface area (Å²) < 4.78 is 7.76. The van der Waals surface area contributed by atoms with Crippen LogP contribution >= 0.6 is 0 Å². The smallest absolute Gasteiger partial charge is 0.317 e. The van der Waals surface area contributed by atoms with E-state index in [9.17, 15) is 0 Å². The standard InChI is InChI=1S/C10H18N4O/c1-7(2)15-10-13-12-9(6-11-3)14(10)8-4-5-8/h7-8,11H,4-6H2,1-3H3. The predicted octanol–water partition coefficient (Wildman–Crippen LogP) is 1.12. The van der Waals surface area contributed by atoms with Gasteiger partial charge in [-0.1, -0.05) is 5.10 Å². The third-order valence-electron chi connectivity index (χ3n) is 2.32. The summed E-state index contributed by atoms with van der Waals surface area (Å²) in [6, 6.07) is 1.22. The molecule has 0 unspecified atom stereocenters. The fourth-order valence-electron chi connectivity index (χ4n) is 1.58. The lowest BCUT2D eigenvalue weighted by Gasteiger charge is -2.11. The molecule has 0 spiro atoms. The van der Waals surface area contributed by atoms with Crippen LogP contribution in [0.1, 0.15) is 38.6 Å². The first-order chi connectivity index (χ1) is 7.22. The normalized spacial score (nSPS) is 16.0. The minimum Gasteiger partial charge on any atom is -0.461 e. The van der Waals surface area contributed by atoms with Crippen molar-refractivity contribution in [2.45, 2.75) is 45.4 Å². The van der Waals surface area contributed by atoms with Gasteiger partial charge in [0.1, 0.15) is 5.82 Å². The van der Waals surface area contributed by atoms with Gasteiger partial charge < -0.3 is 10.1 Å². The van der Waals surface area contributed by atoms with Crippen LogP contribution in [0.15, 0.2) is 0 Å². The number of aromatic nitrogens is 3. The minimum absolute atomic E-state index is 0.147. The first kappa shape index (κ1) is 10.4. The van der Waals surface area contributed by atoms with Crippen LogP contribution in [-0.4, -0.2) is 27.9 Å². The molecule has 0 aromatic carbocycles. The second-order valence-electron chi connectivity index (χ2n) is 4.20. The largest absolute Gasteiger partial charge is 0.461 e. The Morgan fingerprint density at radius 3 is 2.73 bits per heavy atom. The van der Waals surface area contributed by atoms with Gasteiger partial charge in [0.2, 0.25) is 0 Å². The van der Waals surface area contributed by atoms with Crippen LogP contribution in [0.3, 0.4) is 0 Å². The topological polar surface area (TPSA) is 52.0 Å². The van der Waals surface area contributed by atoms with Crippen molar-refractivity contribution in [2.24, 2.45) is 0 Å². The Morgan fingerprint density at radius 1 is 1.47 bits per heavy atom. The second kappa shape index (κ2) is 4.18. The molecule has 1 aliphatic rings. The highest BCUT2D eigenvalue weighted by Crippen LogP contribution is 2.38. The third-order valence-corrected chi connectivity index (χ3v) is 2.32. The Bertz CT molecular complexity index is 330. The lowest BCUT2D eigenvalue weighted by molar-refractivity contribution is 0.210. The van der Waals surface area contributed by atoms with E-state index < -0.39 is 0 Å². The summed E-state index contributed by atoms with van der Waals surface area (Å²) in [4.78, 5) is 0. The van der Waals surface area contributed by atoms with Crippen molar-refractivity contribution in [3.8, 4) is 6.01 Å². The van der Waals surface area contributed by atoms with Crippen LogP contribution < -0.4 is 10.1 Å². The van der Waals surface area contributed by atoms with Gasteiger partial charge in [-0.15, -0.1) is 5.10 Å². The number of rotatable bonds is 5. The van der Waals surface area contributed by atoms with Gasteiger partial charge in [-0.25, -0.2) is 0 Å². The van der Waals surface area contributed by atoms with Gasteiger partial charge in [0.15, 0.2) is 0 Å². The maximum absolute atomic E-state index is 5.64. The molecule has 1 saturated carbocycles. The lowest BCUT2D eigenvalue weighted by Crippen LogP contribution is -2.14. The molecule has 0 aliphatic heterocycles. The van der Waals surface area contributed by atoms with E-state index in [-0.39, 0.29) is 6.10 Å². The Kier molecular flexibility index (Phi) is 2.90. The average molecular weight is 210 g/mol. The Labute approximate surface area is 89.8 Å². The van der Waals surface area contributed by atoms with Crippen LogP contribution in [0.5, 0.6) is 6.01 Å². The van der Waals surface area contributed by atoms with E-state index in [4.69, 9.17) is 4.74 Å². The summed E-state index contributed by atoms with van der Waals surface area (Å²) in [6.07, 6.45) is 2.57. The van der Waals surface area contributed by atoms with Crippen LogP contribution in [-0.2, 0) is 6.54 Å². The molecule has 0 amide bonds. The average Bonchev–Trinajstić information content (AvgIpc) is 2.92. The van der Waals surface area contributed by atoms with E-state index in [1.807, 2.05) is 20.9 Å². The van der Waals surface area contributed by atoms with Gasteiger partial charge in [-0.3, -0.25) is 4.57 Å². The second-order valence-corrected chi connectivity index (χ2v) is 4.20. The SMILES string of the molecule is CNCc1nnc(OC(C)C)n1C1CC1. The van der Waals surface area contributed by atoms with E-state index in [1.54, 1.807) is 0 Å². The molecule has 0 atom stereocenters. The maximum atomic E-state index is 5.64. The van der Waals surface area contributed by atoms with Gasteiger partial charge in [0, 0.05) is 6.04 Å². The van der Waals surface area contributed by atoms with E-state index in [0.29, 0.717) is 12.1 Å². The van der Waals surface area contributed by atoms with E-state index in [1.165, 1.54) is 12.8 Å². The molecule has 1 aliphatic carbocycles. The van der Waals surface area contributed by atoms with Crippen molar-refractivity contribution in [2.75, 3.05) is 7.05 Å². The summed E-state index contributed by atoms with van der Waals surface area (Å²) in [6.45, 7) is 4.75. The number of nitrogens with one attached hydrogen (secondary N) is 1. The number of hydrogen-bond donors (Lipinski definition) is 1. The van der Waals surface area contributed by atoms with Gasteiger partial charge in [-0.2, -0.15) is 0 Å². The summed E-state index contributed by atoms with van der Waals surface area (Å²) in [7, 11) is 1.91. The third kappa shape index (κ3) is 2.28. The van der Waals surface area contributed by atoms with E-state index in [0.717, 1.165) is 12.4 Å². The number of hydrogen-bond acceptors (Lipinski definition) is 4. The van der Waals surface area contributed by atoms with Crippen molar-refractivity contribution >= 4 is 0 Å². The fraction of sp³-hybridized carbons (Fsp3) is 0.800. The molecule has 1 fully saturated rings. The molecule has 0 saturated heterocycles. The molecule has 15 heavy (non-hydrogen) atoms. The zero-order valence-electron chi connectivity index (χ0n) is 9.53. The molecule has 2 rings (SSSR count). The van der Waals surface area contributed by atoms with E-state index in [2.05, 4.69) is 20.1 Å². The van der Waals surface area contributed by atoms with Crippen molar-refractivity contribution in [3.05, 3.63) is 5.82 Å². The summed E-state index contributed by atoms with van der Waals surface area (Å²) >= 11 is 0. The van der Waals surface area contributed by atoms with Crippen LogP contribution in [0.2, 0.25) is 0 Å². The molecule has 1 aromatic rings. The van der Waals surface area contributed by atoms with Crippen molar-refractivity contribution in [1.82, 2.24) is 20.1 Å². The monoisotopic (exact) mass is 210 g/mol. The summed E-state index contributed by atoms with van der Waals surface area (Å²) in [5, 5.41) is 11.3. The minimum atomic E-state index is 0.147. The van der Waals surface area contributed by atoms with Crippen molar-refractivity contribution in [1.29, 1.82) is 0 Å². The first-order valence-corrected chi connectivity index (χ1v) is 5.47. The van der Waals surface area contributed by atoms with Gasteiger partial charge >= 0.3 is 6.01 Å².